The average Bonchev–Trinajstić information content (AvgIpc) is 0.811. The Balaban J connectivity index is 3.13. The number of ether oxygens (including phenoxy) is 2. The minimum Gasteiger partial charge on any atom is -0.390 e. The maximum Gasteiger partial charge on any atom is 0.256 e. The number of carbonyl (C=O) groups is 11. The van der Waals surface area contributed by atoms with E-state index in [0.29, 0.717) is 31.8 Å². The van der Waals surface area contributed by atoms with Crippen molar-refractivity contribution in [3.8, 4) is 0 Å². The lowest BCUT2D eigenvalue weighted by Crippen LogP contribution is -2.64. The van der Waals surface area contributed by atoms with E-state index in [1.165, 1.54) is 111 Å². The average molecular weight is 1410 g/mol. The molecule has 0 aromatic rings. The molecular formula is C71H128N12O14S. The molecule has 0 aliphatic carbocycles. The van der Waals surface area contributed by atoms with Gasteiger partial charge in [0.05, 0.1) is 24.9 Å². The predicted octanol–water partition coefficient (Wildman–Crippen LogP) is 4.21. The zero-order chi connectivity index (χ0) is 75.1. The molecule has 5 N–H and O–H groups in total. The van der Waals surface area contributed by atoms with Gasteiger partial charge in [0.15, 0.2) is 5.37 Å². The Morgan fingerprint density at radius 2 is 1.03 bits per heavy atom. The van der Waals surface area contributed by atoms with Crippen LogP contribution < -0.4 is 21.3 Å². The first kappa shape index (κ1) is 88.2. The molecule has 11 amide bonds. The van der Waals surface area contributed by atoms with E-state index in [-0.39, 0.29) is 49.9 Å². The Hall–Kier alpha value is -5.90. The molecule has 562 valence electrons. The highest BCUT2D eigenvalue weighted by molar-refractivity contribution is 8.00. The highest BCUT2D eigenvalue weighted by Gasteiger charge is 2.47. The van der Waals surface area contributed by atoms with E-state index in [4.69, 9.17) is 9.47 Å². The fourth-order valence-corrected chi connectivity index (χ4v) is 13.6. The summed E-state index contributed by atoms with van der Waals surface area (Å²) in [6.07, 6.45) is 4.06. The number of rotatable bonds is 22. The normalized spacial score (nSPS) is 26.9. The molecule has 98 heavy (non-hydrogen) atoms. The fourth-order valence-electron chi connectivity index (χ4n) is 12.4. The van der Waals surface area contributed by atoms with Gasteiger partial charge in [0, 0.05) is 76.0 Å². The Morgan fingerprint density at radius 3 is 1.53 bits per heavy atom. The van der Waals surface area contributed by atoms with E-state index in [9.17, 15) is 24.3 Å². The van der Waals surface area contributed by atoms with Crippen LogP contribution >= 0.6 is 11.8 Å². The SMILES string of the molecule is C/C=C/C[C@@H](C)[C@@H](O)[C@H]1C(=O)N[C@@H](CC)C(=O)N(C)[C@H](SCCCCN2CCOCC2)C(=O)N(C)[C@@H](CC(C)(C)OC)C(=O)N[C@@H](C(C)C)C(=O)N(C)[C@@H](CC(C)C)C(=O)N[C@@H](C)C(=O)N[C@H](C)C(=O)N(C)[C@@H](CC(C)C)C(=O)N(C)[C@@H](CC(C)C)C(=O)N(C)[C@@H](C(C)C)C(=O)N1C. The van der Waals surface area contributed by atoms with Gasteiger partial charge in [-0.3, -0.25) is 57.6 Å². The van der Waals surface area contributed by atoms with Crippen LogP contribution in [-0.4, -0.2) is 282 Å². The van der Waals surface area contributed by atoms with Crippen LogP contribution in [0.3, 0.4) is 0 Å². The van der Waals surface area contributed by atoms with Gasteiger partial charge in [0.25, 0.3) is 5.91 Å². The third kappa shape index (κ3) is 25.3. The Morgan fingerprint density at radius 1 is 0.551 bits per heavy atom. The standard InChI is InChI=1S/C71H128N12O14S/c1-26-28-31-47(13)58(84)57-62(88)74-50(27-2)64(90)82(24)70(98-37-30-29-32-83-33-35-97-36-34-83)69(95)79(21)54(41-71(16,17)96-25)61(87)75-55(45(9)10)67(93)76(18)51(38-42(3)4)60(86)72-48(14)59(85)73-49(15)63(89)77(19)52(39-43(5)6)65(91)78(20)53(40-44(7)8)66(92)80(22)56(46(11)12)68(94)81(57)23/h26,28,42-58,70,84H,27,29-41H2,1-25H3,(H,72,86)(H,73,85)(H,74,88)(H,75,87)/b28-26+/t47-,48+,49-,50+,51+,52+,53+,54+,55+,56+,57+,58-,70-/m1/s1. The predicted molar refractivity (Wildman–Crippen MR) is 383 cm³/mol. The van der Waals surface area contributed by atoms with Crippen molar-refractivity contribution in [1.82, 2.24) is 60.5 Å². The Bertz CT molecular complexity index is 2670. The third-order valence-electron chi connectivity index (χ3n) is 19.0. The molecule has 26 nitrogen and oxygen atoms in total. The van der Waals surface area contributed by atoms with Crippen molar-refractivity contribution in [2.24, 2.45) is 35.5 Å². The quantitative estimate of drug-likeness (QED) is 0.0749. The molecule has 0 unspecified atom stereocenters. The van der Waals surface area contributed by atoms with E-state index in [2.05, 4.69) is 26.2 Å². The fraction of sp³-hybridized carbons (Fsp3) is 0.817. The second-order valence-electron chi connectivity index (χ2n) is 29.7. The second kappa shape index (κ2) is 41.1. The first-order valence-electron chi connectivity index (χ1n) is 35.4. The molecular weight excluding hydrogens is 1280 g/mol. The molecule has 2 aliphatic rings. The summed E-state index contributed by atoms with van der Waals surface area (Å²) in [7, 11) is 11.5. The summed E-state index contributed by atoms with van der Waals surface area (Å²) in [5.74, 6) is -9.56. The van der Waals surface area contributed by atoms with Crippen LogP contribution in [0.2, 0.25) is 0 Å². The highest BCUT2D eigenvalue weighted by Crippen LogP contribution is 2.29. The van der Waals surface area contributed by atoms with Gasteiger partial charge in [0.1, 0.15) is 60.4 Å². The number of thioether (sulfide) groups is 1. The molecule has 0 spiro atoms. The first-order valence-corrected chi connectivity index (χ1v) is 36.4. The van der Waals surface area contributed by atoms with Crippen LogP contribution in [0.15, 0.2) is 12.2 Å². The summed E-state index contributed by atoms with van der Waals surface area (Å²) in [6, 6.07) is -12.9. The number of carbonyl (C=O) groups excluding carboxylic acids is 11. The molecule has 0 radical (unpaired) electrons. The molecule has 0 bridgehead atoms. The van der Waals surface area contributed by atoms with E-state index in [1.807, 2.05) is 54.5 Å². The third-order valence-corrected chi connectivity index (χ3v) is 20.3. The number of allylic oxidation sites excluding steroid dienone is 2. The van der Waals surface area contributed by atoms with Crippen LogP contribution in [0.4, 0.5) is 0 Å². The lowest BCUT2D eigenvalue weighted by Gasteiger charge is -2.41. The zero-order valence-corrected chi connectivity index (χ0v) is 65.0. The summed E-state index contributed by atoms with van der Waals surface area (Å²) < 4.78 is 11.4. The Kier molecular flexibility index (Phi) is 37.0. The highest BCUT2D eigenvalue weighted by atomic mass is 32.2. The van der Waals surface area contributed by atoms with Gasteiger partial charge < -0.3 is 70.1 Å². The second-order valence-corrected chi connectivity index (χ2v) is 30.9. The molecule has 2 saturated heterocycles. The summed E-state index contributed by atoms with van der Waals surface area (Å²) >= 11 is 1.19. The lowest BCUT2D eigenvalue weighted by atomic mass is 9.91. The van der Waals surface area contributed by atoms with Gasteiger partial charge in [-0.15, -0.1) is 11.8 Å². The van der Waals surface area contributed by atoms with Gasteiger partial charge in [-0.05, 0) is 127 Å². The van der Waals surface area contributed by atoms with E-state index in [1.54, 1.807) is 61.5 Å². The van der Waals surface area contributed by atoms with E-state index in [0.717, 1.165) is 31.0 Å². The number of aliphatic hydroxyl groups is 1. The largest absolute Gasteiger partial charge is 0.390 e. The topological polar surface area (TPSA) is 300 Å². The minimum atomic E-state index is -1.65. The van der Waals surface area contributed by atoms with Gasteiger partial charge in [-0.1, -0.05) is 95.2 Å². The summed E-state index contributed by atoms with van der Waals surface area (Å²) in [5, 5.41) is 22.3. The van der Waals surface area contributed by atoms with Crippen molar-refractivity contribution < 1.29 is 67.3 Å². The van der Waals surface area contributed by atoms with Crippen molar-refractivity contribution in [3.05, 3.63) is 12.2 Å². The molecule has 2 heterocycles. The van der Waals surface area contributed by atoms with Gasteiger partial charge in [-0.25, -0.2) is 0 Å². The van der Waals surface area contributed by atoms with Crippen LogP contribution in [0.25, 0.3) is 0 Å². The number of aliphatic hydroxyl groups excluding tert-OH is 1. The molecule has 0 saturated carbocycles. The van der Waals surface area contributed by atoms with Crippen LogP contribution in [0.5, 0.6) is 0 Å². The molecule has 0 aromatic carbocycles. The van der Waals surface area contributed by atoms with Crippen LogP contribution in [0, 0.1) is 35.5 Å². The van der Waals surface area contributed by atoms with Crippen molar-refractivity contribution in [1.29, 1.82) is 0 Å². The summed E-state index contributed by atoms with van der Waals surface area (Å²) in [6.45, 7) is 33.3. The molecule has 0 aromatic heterocycles. The van der Waals surface area contributed by atoms with Crippen LogP contribution in [0.1, 0.15) is 169 Å². The zero-order valence-electron chi connectivity index (χ0n) is 64.2. The first-order chi connectivity index (χ1) is 45.5. The van der Waals surface area contributed by atoms with Crippen molar-refractivity contribution in [3.63, 3.8) is 0 Å². The molecule has 2 aliphatic heterocycles. The van der Waals surface area contributed by atoms with Gasteiger partial charge in [-0.2, -0.15) is 0 Å². The number of hydrogen-bond acceptors (Lipinski definition) is 16. The molecule has 13 atom stereocenters. The smallest absolute Gasteiger partial charge is 0.256 e. The number of nitrogens with one attached hydrogen (secondary N) is 4. The number of hydrogen-bond donors (Lipinski definition) is 5. The maximum absolute atomic E-state index is 15.6. The van der Waals surface area contributed by atoms with Gasteiger partial charge >= 0.3 is 0 Å². The minimum absolute atomic E-state index is 0.0132. The molecule has 27 heteroatoms. The number of amides is 11. The number of unbranched alkanes of at least 4 members (excludes halogenated alkanes) is 1. The maximum atomic E-state index is 15.6. The van der Waals surface area contributed by atoms with Crippen molar-refractivity contribution >= 4 is 76.7 Å². The van der Waals surface area contributed by atoms with E-state index < -0.39 is 160 Å². The Labute approximate surface area is 591 Å². The number of likely N-dealkylation sites (N-methyl/N-ethyl adjacent to an activating group) is 7. The lowest BCUT2D eigenvalue weighted by molar-refractivity contribution is -0.157. The summed E-state index contributed by atoms with van der Waals surface area (Å²) in [5.41, 5.74) is -1.05. The summed E-state index contributed by atoms with van der Waals surface area (Å²) in [4.78, 5) is 176. The number of nitrogens with zero attached hydrogens (tertiary/aromatic N) is 8. The number of methoxy groups -OCH3 is 1. The number of morpholine rings is 1. The molecule has 2 rings (SSSR count). The van der Waals surface area contributed by atoms with E-state index >= 15 is 33.6 Å². The van der Waals surface area contributed by atoms with Gasteiger partial charge in [0.2, 0.25) is 59.1 Å². The van der Waals surface area contributed by atoms with Crippen molar-refractivity contribution in [2.45, 2.75) is 247 Å². The van der Waals surface area contributed by atoms with Crippen molar-refractivity contribution in [2.75, 3.05) is 95.0 Å². The van der Waals surface area contributed by atoms with Crippen LogP contribution in [-0.2, 0) is 62.2 Å². The molecule has 2 fully saturated rings. The monoisotopic (exact) mass is 1400 g/mol.